The first kappa shape index (κ1) is 22.1. The minimum Gasteiger partial charge on any atom is -0.485 e. The topological polar surface area (TPSA) is 59.1 Å². The summed E-state index contributed by atoms with van der Waals surface area (Å²) in [6.07, 6.45) is 2.99. The molecule has 1 heterocycles. The number of fused-ring (bicyclic) bond motifs is 1. The van der Waals surface area contributed by atoms with Crippen LogP contribution in [0.25, 0.3) is 0 Å². The second-order valence-corrected chi connectivity index (χ2v) is 8.72. The molecule has 0 unspecified atom stereocenters. The minimum absolute atomic E-state index is 0.0318. The lowest BCUT2D eigenvalue weighted by Crippen LogP contribution is -2.52. The molecule has 1 saturated carbocycles. The van der Waals surface area contributed by atoms with Gasteiger partial charge in [0.15, 0.2) is 18.2 Å². The summed E-state index contributed by atoms with van der Waals surface area (Å²) in [4.78, 5) is 28.4. The van der Waals surface area contributed by atoms with E-state index in [2.05, 4.69) is 0 Å². The number of amides is 2. The first-order valence-corrected chi connectivity index (χ1v) is 11.0. The van der Waals surface area contributed by atoms with Crippen molar-refractivity contribution in [1.82, 2.24) is 9.80 Å². The van der Waals surface area contributed by atoms with Crippen molar-refractivity contribution in [3.63, 3.8) is 0 Å². The molecule has 0 saturated heterocycles. The Morgan fingerprint density at radius 3 is 2.56 bits per heavy atom. The lowest BCUT2D eigenvalue weighted by molar-refractivity contribution is -0.136. The van der Waals surface area contributed by atoms with Gasteiger partial charge in [0.25, 0.3) is 5.91 Å². The van der Waals surface area contributed by atoms with E-state index in [0.29, 0.717) is 13.1 Å². The number of benzene rings is 2. The number of hydrogen-bond acceptors (Lipinski definition) is 4. The van der Waals surface area contributed by atoms with Crippen LogP contribution in [0.4, 0.5) is 4.39 Å². The zero-order chi connectivity index (χ0) is 22.7. The Morgan fingerprint density at radius 1 is 1.16 bits per heavy atom. The lowest BCUT2D eigenvalue weighted by atomic mass is 9.81. The van der Waals surface area contributed by atoms with Gasteiger partial charge >= 0.3 is 0 Å². The number of halogens is 1. The summed E-state index contributed by atoms with van der Waals surface area (Å²) in [6, 6.07) is 14.0. The van der Waals surface area contributed by atoms with E-state index < -0.39 is 11.4 Å². The van der Waals surface area contributed by atoms with E-state index in [1.54, 1.807) is 31.0 Å². The quantitative estimate of drug-likeness (QED) is 0.726. The molecule has 32 heavy (non-hydrogen) atoms. The standard InChI is InChI=1S/C25H29FN2O4/c1-18(29)28-15-19-7-3-5-9-22(19)32-25(17-28)13-11-20(12-14-25)27(2)24(30)16-31-23-10-6-4-8-21(23)26/h3-10,20H,11-17H2,1-2H3. The fourth-order valence-corrected chi connectivity index (χ4v) is 4.61. The van der Waals surface area contributed by atoms with Crippen LogP contribution in [0.3, 0.4) is 0 Å². The van der Waals surface area contributed by atoms with E-state index in [1.165, 1.54) is 12.1 Å². The highest BCUT2D eigenvalue weighted by Gasteiger charge is 2.43. The van der Waals surface area contributed by atoms with Crippen molar-refractivity contribution in [2.75, 3.05) is 20.2 Å². The van der Waals surface area contributed by atoms with Crippen LogP contribution in [-0.2, 0) is 16.1 Å². The molecular weight excluding hydrogens is 411 g/mol. The van der Waals surface area contributed by atoms with Crippen molar-refractivity contribution in [3.05, 3.63) is 59.9 Å². The van der Waals surface area contributed by atoms with Crippen LogP contribution in [0.1, 0.15) is 38.2 Å². The number of carbonyl (C=O) groups is 2. The molecule has 0 radical (unpaired) electrons. The Hall–Kier alpha value is -3.09. The second-order valence-electron chi connectivity index (χ2n) is 8.72. The summed E-state index contributed by atoms with van der Waals surface area (Å²) in [5, 5.41) is 0. The van der Waals surface area contributed by atoms with E-state index in [4.69, 9.17) is 9.47 Å². The summed E-state index contributed by atoms with van der Waals surface area (Å²) >= 11 is 0. The molecule has 6 nitrogen and oxygen atoms in total. The van der Waals surface area contributed by atoms with Gasteiger partial charge in [-0.15, -0.1) is 0 Å². The number of rotatable bonds is 4. The van der Waals surface area contributed by atoms with Crippen LogP contribution < -0.4 is 9.47 Å². The smallest absolute Gasteiger partial charge is 0.260 e. The molecule has 0 N–H and O–H groups in total. The highest BCUT2D eigenvalue weighted by atomic mass is 19.1. The molecule has 2 aromatic rings. The Labute approximate surface area is 187 Å². The molecule has 7 heteroatoms. The number of carbonyl (C=O) groups excluding carboxylic acids is 2. The Morgan fingerprint density at radius 2 is 1.84 bits per heavy atom. The molecule has 2 aliphatic rings. The van der Waals surface area contributed by atoms with E-state index in [1.807, 2.05) is 29.2 Å². The molecular formula is C25H29FN2O4. The zero-order valence-electron chi connectivity index (χ0n) is 18.6. The molecule has 0 bridgehead atoms. The van der Waals surface area contributed by atoms with Gasteiger partial charge in [0, 0.05) is 32.1 Å². The van der Waals surface area contributed by atoms with E-state index in [0.717, 1.165) is 37.0 Å². The van der Waals surface area contributed by atoms with Crippen LogP contribution in [0.5, 0.6) is 11.5 Å². The van der Waals surface area contributed by atoms with Gasteiger partial charge < -0.3 is 19.3 Å². The fraction of sp³-hybridized carbons (Fsp3) is 0.440. The summed E-state index contributed by atoms with van der Waals surface area (Å²) in [7, 11) is 1.76. The van der Waals surface area contributed by atoms with Crippen molar-refractivity contribution in [3.8, 4) is 11.5 Å². The average Bonchev–Trinajstić information content (AvgIpc) is 2.95. The summed E-state index contributed by atoms with van der Waals surface area (Å²) in [5.41, 5.74) is 0.557. The maximum absolute atomic E-state index is 13.7. The third kappa shape index (κ3) is 4.71. The van der Waals surface area contributed by atoms with Gasteiger partial charge in [-0.25, -0.2) is 4.39 Å². The number of para-hydroxylation sites is 2. The van der Waals surface area contributed by atoms with E-state index in [9.17, 15) is 14.0 Å². The maximum atomic E-state index is 13.7. The maximum Gasteiger partial charge on any atom is 0.260 e. The average molecular weight is 441 g/mol. The summed E-state index contributed by atoms with van der Waals surface area (Å²) in [6.45, 7) is 2.47. The SMILES string of the molecule is CC(=O)N1Cc2ccccc2OC2(CCC(N(C)C(=O)COc3ccccc3F)CC2)C1. The van der Waals surface area contributed by atoms with Crippen molar-refractivity contribution in [1.29, 1.82) is 0 Å². The van der Waals surface area contributed by atoms with Crippen LogP contribution in [-0.4, -0.2) is 53.5 Å². The van der Waals surface area contributed by atoms with Gasteiger partial charge in [0.1, 0.15) is 11.4 Å². The molecule has 4 rings (SSSR count). The van der Waals surface area contributed by atoms with Crippen molar-refractivity contribution in [2.45, 2.75) is 50.8 Å². The minimum atomic E-state index is -0.483. The van der Waals surface area contributed by atoms with E-state index >= 15 is 0 Å². The Kier molecular flexibility index (Phi) is 6.35. The highest BCUT2D eigenvalue weighted by Crippen LogP contribution is 2.39. The molecule has 1 aliphatic carbocycles. The number of ether oxygens (including phenoxy) is 2. The van der Waals surface area contributed by atoms with Crippen LogP contribution in [0.15, 0.2) is 48.5 Å². The normalized spacial score (nSPS) is 22.5. The van der Waals surface area contributed by atoms with Crippen molar-refractivity contribution in [2.24, 2.45) is 0 Å². The van der Waals surface area contributed by atoms with Crippen molar-refractivity contribution >= 4 is 11.8 Å². The van der Waals surface area contributed by atoms with Gasteiger partial charge in [-0.2, -0.15) is 0 Å². The Bertz CT molecular complexity index is 987. The summed E-state index contributed by atoms with van der Waals surface area (Å²) in [5.74, 6) is 0.267. The first-order valence-electron chi connectivity index (χ1n) is 11.0. The van der Waals surface area contributed by atoms with Gasteiger partial charge in [-0.3, -0.25) is 9.59 Å². The number of hydrogen-bond donors (Lipinski definition) is 0. The van der Waals surface area contributed by atoms with E-state index in [-0.39, 0.29) is 30.2 Å². The second kappa shape index (κ2) is 9.18. The van der Waals surface area contributed by atoms with Crippen LogP contribution in [0.2, 0.25) is 0 Å². The highest BCUT2D eigenvalue weighted by molar-refractivity contribution is 5.78. The lowest BCUT2D eigenvalue weighted by Gasteiger charge is -2.43. The molecule has 0 aromatic heterocycles. The molecule has 1 aliphatic heterocycles. The van der Waals surface area contributed by atoms with Gasteiger partial charge in [0.2, 0.25) is 5.91 Å². The molecule has 2 aromatic carbocycles. The third-order valence-electron chi connectivity index (χ3n) is 6.58. The van der Waals surface area contributed by atoms with Crippen molar-refractivity contribution < 1.29 is 23.5 Å². The fourth-order valence-electron chi connectivity index (χ4n) is 4.61. The Balaban J connectivity index is 1.39. The molecule has 1 fully saturated rings. The van der Waals surface area contributed by atoms with Gasteiger partial charge in [-0.1, -0.05) is 30.3 Å². The first-order chi connectivity index (χ1) is 15.4. The van der Waals surface area contributed by atoms with Crippen LogP contribution in [0, 0.1) is 5.82 Å². The molecule has 0 atom stereocenters. The van der Waals surface area contributed by atoms with Gasteiger partial charge in [0.05, 0.1) is 6.54 Å². The largest absolute Gasteiger partial charge is 0.485 e. The zero-order valence-corrected chi connectivity index (χ0v) is 18.6. The molecule has 170 valence electrons. The van der Waals surface area contributed by atoms with Crippen LogP contribution >= 0.6 is 0 Å². The molecule has 2 amide bonds. The summed E-state index contributed by atoms with van der Waals surface area (Å²) < 4.78 is 25.6. The number of nitrogens with zero attached hydrogens (tertiary/aromatic N) is 2. The molecule has 1 spiro atoms. The monoisotopic (exact) mass is 440 g/mol. The third-order valence-corrected chi connectivity index (χ3v) is 6.58. The predicted molar refractivity (Wildman–Crippen MR) is 118 cm³/mol. The predicted octanol–water partition coefficient (Wildman–Crippen LogP) is 3.79. The number of likely N-dealkylation sites (N-methyl/N-ethyl adjacent to an activating group) is 1. The van der Waals surface area contributed by atoms with Gasteiger partial charge in [-0.05, 0) is 43.9 Å².